The topological polar surface area (TPSA) is 30.5 Å². The quantitative estimate of drug-likeness (QED) is 0.801. The van der Waals surface area contributed by atoms with Crippen LogP contribution >= 0.6 is 22.6 Å². The molecule has 0 saturated carbocycles. The average molecular weight is 383 g/mol. The fraction of sp³-hybridized carbons (Fsp3) is 0.250. The fourth-order valence-corrected chi connectivity index (χ4v) is 2.81. The van der Waals surface area contributed by atoms with Gasteiger partial charge >= 0.3 is 0 Å². The number of benzene rings is 2. The Morgan fingerprint density at radius 2 is 1.65 bits per heavy atom. The molecule has 0 bridgehead atoms. The summed E-state index contributed by atoms with van der Waals surface area (Å²) in [6.45, 7) is 0. The monoisotopic (exact) mass is 383 g/mol. The Hall–Kier alpha value is -1.27. The molecule has 0 amide bonds. The molecule has 1 unspecified atom stereocenters. The Morgan fingerprint density at radius 3 is 2.25 bits per heavy atom. The second kappa shape index (κ2) is 6.95. The lowest BCUT2D eigenvalue weighted by atomic mass is 9.98. The van der Waals surface area contributed by atoms with Gasteiger partial charge in [-0.15, -0.1) is 0 Å². The van der Waals surface area contributed by atoms with E-state index in [1.54, 1.807) is 14.2 Å². The van der Waals surface area contributed by atoms with Crippen molar-refractivity contribution in [1.29, 1.82) is 0 Å². The van der Waals surface area contributed by atoms with Crippen LogP contribution in [0.5, 0.6) is 11.5 Å². The molecule has 2 aromatic carbocycles. The average Bonchev–Trinajstić information content (AvgIpc) is 2.48. The van der Waals surface area contributed by atoms with Gasteiger partial charge in [-0.05, 0) is 65.0 Å². The van der Waals surface area contributed by atoms with E-state index in [4.69, 9.17) is 9.47 Å². The van der Waals surface area contributed by atoms with Gasteiger partial charge in [-0.3, -0.25) is 0 Å². The summed E-state index contributed by atoms with van der Waals surface area (Å²) < 4.78 is 11.9. The van der Waals surface area contributed by atoms with Crippen LogP contribution in [-0.4, -0.2) is 21.3 Å². The third-order valence-electron chi connectivity index (χ3n) is 3.21. The standard InChI is InChI=1S/C16H18INO2/c1-18-16(11-5-4-6-13(17)9-11)12-7-8-14(19-2)15(10-12)20-3/h4-10,16,18H,1-3H3. The Morgan fingerprint density at radius 1 is 0.950 bits per heavy atom. The fourth-order valence-electron chi connectivity index (χ4n) is 2.24. The van der Waals surface area contributed by atoms with Crippen LogP contribution in [0.15, 0.2) is 42.5 Å². The van der Waals surface area contributed by atoms with E-state index in [0.717, 1.165) is 17.1 Å². The first-order chi connectivity index (χ1) is 9.69. The van der Waals surface area contributed by atoms with Crippen molar-refractivity contribution in [3.8, 4) is 11.5 Å². The van der Waals surface area contributed by atoms with Gasteiger partial charge in [-0.25, -0.2) is 0 Å². The van der Waals surface area contributed by atoms with Crippen molar-refractivity contribution in [1.82, 2.24) is 5.32 Å². The summed E-state index contributed by atoms with van der Waals surface area (Å²) in [4.78, 5) is 0. The van der Waals surface area contributed by atoms with Gasteiger partial charge < -0.3 is 14.8 Å². The number of hydrogen-bond acceptors (Lipinski definition) is 3. The molecule has 0 aliphatic heterocycles. The number of hydrogen-bond donors (Lipinski definition) is 1. The second-order valence-electron chi connectivity index (χ2n) is 4.39. The molecule has 0 fully saturated rings. The SMILES string of the molecule is CNC(c1cccc(I)c1)c1ccc(OC)c(OC)c1. The van der Waals surface area contributed by atoms with Gasteiger partial charge in [0.25, 0.3) is 0 Å². The summed E-state index contributed by atoms with van der Waals surface area (Å²) in [7, 11) is 5.26. The highest BCUT2D eigenvalue weighted by Gasteiger charge is 2.14. The maximum atomic E-state index is 5.38. The number of rotatable bonds is 5. The van der Waals surface area contributed by atoms with Crippen molar-refractivity contribution in [2.24, 2.45) is 0 Å². The summed E-state index contributed by atoms with van der Waals surface area (Å²) >= 11 is 2.33. The molecular formula is C16H18INO2. The van der Waals surface area contributed by atoms with E-state index in [9.17, 15) is 0 Å². The highest BCUT2D eigenvalue weighted by atomic mass is 127. The predicted octanol–water partition coefficient (Wildman–Crippen LogP) is 3.62. The Bertz CT molecular complexity index is 586. The van der Waals surface area contributed by atoms with Gasteiger partial charge in [0.05, 0.1) is 20.3 Å². The van der Waals surface area contributed by atoms with E-state index in [-0.39, 0.29) is 6.04 Å². The van der Waals surface area contributed by atoms with E-state index in [0.29, 0.717) is 0 Å². The first-order valence-electron chi connectivity index (χ1n) is 6.34. The van der Waals surface area contributed by atoms with E-state index in [1.165, 1.54) is 9.13 Å². The van der Waals surface area contributed by atoms with Crippen molar-refractivity contribution in [3.05, 3.63) is 57.2 Å². The third kappa shape index (κ3) is 3.24. The molecule has 0 heterocycles. The second-order valence-corrected chi connectivity index (χ2v) is 5.64. The van der Waals surface area contributed by atoms with Crippen molar-refractivity contribution in [3.63, 3.8) is 0 Å². The van der Waals surface area contributed by atoms with Gasteiger partial charge in [0.2, 0.25) is 0 Å². The van der Waals surface area contributed by atoms with Gasteiger partial charge in [-0.1, -0.05) is 18.2 Å². The minimum Gasteiger partial charge on any atom is -0.493 e. The van der Waals surface area contributed by atoms with Crippen molar-refractivity contribution in [2.75, 3.05) is 21.3 Å². The molecule has 0 aliphatic carbocycles. The molecule has 1 N–H and O–H groups in total. The molecule has 0 spiro atoms. The van der Waals surface area contributed by atoms with E-state index in [1.807, 2.05) is 19.2 Å². The molecule has 106 valence electrons. The molecule has 0 aromatic heterocycles. The Kier molecular flexibility index (Phi) is 5.25. The zero-order valence-corrected chi connectivity index (χ0v) is 14.0. The van der Waals surface area contributed by atoms with Gasteiger partial charge in [-0.2, -0.15) is 0 Å². The number of ether oxygens (including phenoxy) is 2. The summed E-state index contributed by atoms with van der Waals surface area (Å²) in [6, 6.07) is 14.6. The minimum atomic E-state index is 0.129. The van der Waals surface area contributed by atoms with Crippen LogP contribution in [0, 0.1) is 3.57 Å². The van der Waals surface area contributed by atoms with Gasteiger partial charge in [0.15, 0.2) is 11.5 Å². The lowest BCUT2D eigenvalue weighted by molar-refractivity contribution is 0.354. The summed E-state index contributed by atoms with van der Waals surface area (Å²) in [5, 5.41) is 3.35. The maximum Gasteiger partial charge on any atom is 0.161 e. The van der Waals surface area contributed by atoms with Gasteiger partial charge in [0.1, 0.15) is 0 Å². The molecule has 4 heteroatoms. The molecule has 20 heavy (non-hydrogen) atoms. The minimum absolute atomic E-state index is 0.129. The normalized spacial score (nSPS) is 12.0. The molecule has 0 saturated heterocycles. The van der Waals surface area contributed by atoms with Crippen LogP contribution in [0.3, 0.4) is 0 Å². The first kappa shape index (κ1) is 15.1. The Labute approximate surface area is 133 Å². The first-order valence-corrected chi connectivity index (χ1v) is 7.42. The molecule has 0 aliphatic rings. The van der Waals surface area contributed by atoms with Crippen LogP contribution < -0.4 is 14.8 Å². The van der Waals surface area contributed by atoms with Crippen molar-refractivity contribution >= 4 is 22.6 Å². The highest BCUT2D eigenvalue weighted by molar-refractivity contribution is 14.1. The molecule has 3 nitrogen and oxygen atoms in total. The lowest BCUT2D eigenvalue weighted by Gasteiger charge is -2.19. The number of methoxy groups -OCH3 is 2. The molecule has 1 atom stereocenters. The Balaban J connectivity index is 2.41. The highest BCUT2D eigenvalue weighted by Crippen LogP contribution is 2.32. The van der Waals surface area contributed by atoms with Crippen LogP contribution in [0.1, 0.15) is 17.2 Å². The molecule has 2 rings (SSSR count). The predicted molar refractivity (Wildman–Crippen MR) is 89.6 cm³/mol. The largest absolute Gasteiger partial charge is 0.493 e. The lowest BCUT2D eigenvalue weighted by Crippen LogP contribution is -2.17. The van der Waals surface area contributed by atoms with Crippen molar-refractivity contribution < 1.29 is 9.47 Å². The van der Waals surface area contributed by atoms with Crippen LogP contribution in [-0.2, 0) is 0 Å². The van der Waals surface area contributed by atoms with Crippen molar-refractivity contribution in [2.45, 2.75) is 6.04 Å². The zero-order valence-electron chi connectivity index (χ0n) is 11.8. The molecule has 0 radical (unpaired) electrons. The van der Waals surface area contributed by atoms with Crippen LogP contribution in [0.25, 0.3) is 0 Å². The summed E-state index contributed by atoms with van der Waals surface area (Å²) in [6.07, 6.45) is 0. The van der Waals surface area contributed by atoms with E-state index >= 15 is 0 Å². The van der Waals surface area contributed by atoms with Gasteiger partial charge in [0, 0.05) is 3.57 Å². The summed E-state index contributed by atoms with van der Waals surface area (Å²) in [5.74, 6) is 1.49. The van der Waals surface area contributed by atoms with Crippen LogP contribution in [0.2, 0.25) is 0 Å². The molecular weight excluding hydrogens is 365 g/mol. The number of nitrogens with one attached hydrogen (secondary N) is 1. The van der Waals surface area contributed by atoms with Crippen LogP contribution in [0.4, 0.5) is 0 Å². The summed E-state index contributed by atoms with van der Waals surface area (Å²) in [5.41, 5.74) is 2.37. The van der Waals surface area contributed by atoms with E-state index in [2.05, 4.69) is 58.2 Å². The molecule has 2 aromatic rings. The maximum absolute atomic E-state index is 5.38. The zero-order chi connectivity index (χ0) is 14.5. The third-order valence-corrected chi connectivity index (χ3v) is 3.88. The van der Waals surface area contributed by atoms with E-state index < -0.39 is 0 Å². The number of halogens is 1. The smallest absolute Gasteiger partial charge is 0.161 e.